The van der Waals surface area contributed by atoms with Gasteiger partial charge in [-0.1, -0.05) is 42.5 Å². The second-order valence-electron chi connectivity index (χ2n) is 7.33. The smallest absolute Gasteiger partial charge is 0.241 e. The van der Waals surface area contributed by atoms with Crippen LogP contribution in [0.4, 0.5) is 0 Å². The molecule has 174 valence electrons. The third kappa shape index (κ3) is 7.06. The number of hydrogen-bond acceptors (Lipinski definition) is 5. The van der Waals surface area contributed by atoms with Crippen LogP contribution in [0, 0.1) is 0 Å². The number of hydrogen-bond donors (Lipinski definition) is 2. The molecule has 2 N–H and O–H groups in total. The minimum absolute atomic E-state index is 0.0620. The second kappa shape index (κ2) is 11.5. The fourth-order valence-electron chi connectivity index (χ4n) is 3.23. The van der Waals surface area contributed by atoms with Crippen LogP contribution in [0.5, 0.6) is 11.5 Å². The Morgan fingerprint density at radius 2 is 1.52 bits per heavy atom. The monoisotopic (exact) mass is 468 g/mol. The number of rotatable bonds is 11. The average molecular weight is 469 g/mol. The summed E-state index contributed by atoms with van der Waals surface area (Å²) in [6, 6.07) is 21.7. The molecule has 0 radical (unpaired) electrons. The van der Waals surface area contributed by atoms with Crippen LogP contribution in [0.15, 0.2) is 83.8 Å². The number of ether oxygens (including phenoxy) is 2. The Morgan fingerprint density at radius 1 is 0.879 bits per heavy atom. The van der Waals surface area contributed by atoms with Crippen LogP contribution >= 0.6 is 0 Å². The molecule has 0 aromatic heterocycles. The zero-order valence-corrected chi connectivity index (χ0v) is 19.5. The molecule has 0 saturated carbocycles. The van der Waals surface area contributed by atoms with Gasteiger partial charge in [-0.05, 0) is 60.9 Å². The van der Waals surface area contributed by atoms with E-state index in [9.17, 15) is 13.2 Å². The molecule has 3 aromatic rings. The number of benzene rings is 3. The van der Waals surface area contributed by atoms with Gasteiger partial charge in [0.15, 0.2) is 0 Å². The molecule has 0 aliphatic carbocycles. The van der Waals surface area contributed by atoms with Crippen LogP contribution in [0.2, 0.25) is 0 Å². The van der Waals surface area contributed by atoms with Gasteiger partial charge in [-0.3, -0.25) is 4.79 Å². The van der Waals surface area contributed by atoms with Crippen molar-refractivity contribution in [1.82, 2.24) is 10.0 Å². The summed E-state index contributed by atoms with van der Waals surface area (Å²) < 4.78 is 39.1. The number of carbonyl (C=O) groups excluding carboxylic acids is 1. The molecule has 0 heterocycles. The normalized spacial score (nSPS) is 12.1. The van der Waals surface area contributed by atoms with E-state index in [-0.39, 0.29) is 17.9 Å². The van der Waals surface area contributed by atoms with E-state index in [0.29, 0.717) is 12.4 Å². The zero-order valence-electron chi connectivity index (χ0n) is 18.7. The van der Waals surface area contributed by atoms with Gasteiger partial charge in [0, 0.05) is 6.54 Å². The number of methoxy groups -OCH3 is 1. The van der Waals surface area contributed by atoms with E-state index in [2.05, 4.69) is 10.0 Å². The molecule has 0 aliphatic rings. The second-order valence-corrected chi connectivity index (χ2v) is 9.05. The Kier molecular flexibility index (Phi) is 8.46. The molecule has 33 heavy (non-hydrogen) atoms. The molecular weight excluding hydrogens is 440 g/mol. The Hall–Kier alpha value is -3.36. The average Bonchev–Trinajstić information content (AvgIpc) is 2.83. The number of nitrogens with one attached hydrogen (secondary N) is 2. The summed E-state index contributed by atoms with van der Waals surface area (Å²) in [6.45, 7) is 2.60. The third-order valence-corrected chi connectivity index (χ3v) is 6.45. The Labute approximate surface area is 194 Å². The Balaban J connectivity index is 1.75. The van der Waals surface area contributed by atoms with Crippen molar-refractivity contribution >= 4 is 15.9 Å². The fourth-order valence-corrected chi connectivity index (χ4v) is 4.43. The molecule has 3 aromatic carbocycles. The van der Waals surface area contributed by atoms with Crippen molar-refractivity contribution in [3.05, 3.63) is 90.0 Å². The van der Waals surface area contributed by atoms with Crippen molar-refractivity contribution in [2.45, 2.75) is 30.8 Å². The van der Waals surface area contributed by atoms with Crippen molar-refractivity contribution in [2.75, 3.05) is 13.7 Å². The number of amides is 1. The van der Waals surface area contributed by atoms with Gasteiger partial charge in [0.05, 0.1) is 18.6 Å². The van der Waals surface area contributed by atoms with Crippen molar-refractivity contribution in [3.63, 3.8) is 0 Å². The van der Waals surface area contributed by atoms with Gasteiger partial charge in [0.25, 0.3) is 0 Å². The van der Waals surface area contributed by atoms with Crippen LogP contribution < -0.4 is 19.5 Å². The Bertz CT molecular complexity index is 1130. The number of carbonyl (C=O) groups is 1. The van der Waals surface area contributed by atoms with Crippen LogP contribution in [0.1, 0.15) is 18.1 Å². The molecule has 0 spiro atoms. The highest BCUT2D eigenvalue weighted by atomic mass is 32.2. The maximum absolute atomic E-state index is 13.0. The zero-order chi connectivity index (χ0) is 23.7. The first-order chi connectivity index (χ1) is 15.9. The van der Waals surface area contributed by atoms with Crippen LogP contribution in [0.3, 0.4) is 0 Å². The highest BCUT2D eigenvalue weighted by Gasteiger charge is 2.26. The van der Waals surface area contributed by atoms with E-state index in [1.54, 1.807) is 31.4 Å². The van der Waals surface area contributed by atoms with Gasteiger partial charge in [-0.25, -0.2) is 8.42 Å². The van der Waals surface area contributed by atoms with Gasteiger partial charge >= 0.3 is 0 Å². The fraction of sp³-hybridized carbons (Fsp3) is 0.240. The lowest BCUT2D eigenvalue weighted by Gasteiger charge is -2.19. The summed E-state index contributed by atoms with van der Waals surface area (Å²) in [6.07, 6.45) is 0.214. The molecule has 7 nitrogen and oxygen atoms in total. The molecule has 1 amide bonds. The lowest BCUT2D eigenvalue weighted by Crippen LogP contribution is -2.47. The molecular formula is C25H28N2O5S. The minimum atomic E-state index is -3.93. The first-order valence-electron chi connectivity index (χ1n) is 10.6. The predicted molar refractivity (Wildman–Crippen MR) is 127 cm³/mol. The van der Waals surface area contributed by atoms with Crippen LogP contribution in [-0.2, 0) is 27.8 Å². The predicted octanol–water partition coefficient (Wildman–Crippen LogP) is 3.30. The van der Waals surface area contributed by atoms with Crippen molar-refractivity contribution in [1.29, 1.82) is 0 Å². The van der Waals surface area contributed by atoms with E-state index in [1.807, 2.05) is 49.4 Å². The summed E-state index contributed by atoms with van der Waals surface area (Å²) in [5.74, 6) is 0.883. The first kappa shape index (κ1) is 24.3. The molecule has 0 saturated heterocycles. The highest BCUT2D eigenvalue weighted by Crippen LogP contribution is 2.17. The maximum Gasteiger partial charge on any atom is 0.241 e. The maximum atomic E-state index is 13.0. The SMILES string of the molecule is CCOc1ccc(S(=O)(=O)N[C@H](Cc2ccccc2)C(=O)NCc2ccc(OC)cc2)cc1. The van der Waals surface area contributed by atoms with Crippen LogP contribution in [-0.4, -0.2) is 34.1 Å². The third-order valence-electron chi connectivity index (χ3n) is 4.97. The van der Waals surface area contributed by atoms with Crippen molar-refractivity contribution < 1.29 is 22.7 Å². The highest BCUT2D eigenvalue weighted by molar-refractivity contribution is 7.89. The largest absolute Gasteiger partial charge is 0.497 e. The molecule has 0 unspecified atom stereocenters. The van der Waals surface area contributed by atoms with E-state index in [1.165, 1.54) is 12.1 Å². The van der Waals surface area contributed by atoms with Gasteiger partial charge in [0.2, 0.25) is 15.9 Å². The van der Waals surface area contributed by atoms with E-state index in [0.717, 1.165) is 16.9 Å². The summed E-state index contributed by atoms with van der Waals surface area (Å²) >= 11 is 0. The Morgan fingerprint density at radius 3 is 2.12 bits per heavy atom. The molecule has 0 bridgehead atoms. The lowest BCUT2D eigenvalue weighted by atomic mass is 10.1. The minimum Gasteiger partial charge on any atom is -0.497 e. The molecule has 3 rings (SSSR count). The summed E-state index contributed by atoms with van der Waals surface area (Å²) in [4.78, 5) is 13.1. The van der Waals surface area contributed by atoms with Crippen LogP contribution in [0.25, 0.3) is 0 Å². The van der Waals surface area contributed by atoms with Gasteiger partial charge in [0.1, 0.15) is 17.5 Å². The summed E-state index contributed by atoms with van der Waals surface area (Å²) in [5, 5.41) is 2.83. The molecule has 0 aliphatic heterocycles. The standard InChI is InChI=1S/C25H28N2O5S/c1-3-32-22-13-15-23(16-14-22)33(29,30)27-24(17-19-7-5-4-6-8-19)25(28)26-18-20-9-11-21(31-2)12-10-20/h4-16,24,27H,3,17-18H2,1-2H3,(H,26,28)/t24-/m1/s1. The summed E-state index contributed by atoms with van der Waals surface area (Å²) in [5.41, 5.74) is 1.72. The molecule has 1 atom stereocenters. The van der Waals surface area contributed by atoms with Crippen molar-refractivity contribution in [3.8, 4) is 11.5 Å². The van der Waals surface area contributed by atoms with Crippen molar-refractivity contribution in [2.24, 2.45) is 0 Å². The number of sulfonamides is 1. The topological polar surface area (TPSA) is 93.7 Å². The lowest BCUT2D eigenvalue weighted by molar-refractivity contribution is -0.122. The van der Waals surface area contributed by atoms with E-state index < -0.39 is 22.0 Å². The van der Waals surface area contributed by atoms with Gasteiger partial charge in [-0.2, -0.15) is 4.72 Å². The summed E-state index contributed by atoms with van der Waals surface area (Å²) in [7, 11) is -2.35. The first-order valence-corrected chi connectivity index (χ1v) is 12.1. The molecule has 0 fully saturated rings. The molecule has 8 heteroatoms. The van der Waals surface area contributed by atoms with Gasteiger partial charge < -0.3 is 14.8 Å². The quantitative estimate of drug-likeness (QED) is 0.450. The van der Waals surface area contributed by atoms with Gasteiger partial charge in [-0.15, -0.1) is 0 Å². The van der Waals surface area contributed by atoms with E-state index in [4.69, 9.17) is 9.47 Å². The van der Waals surface area contributed by atoms with E-state index >= 15 is 0 Å².